The lowest BCUT2D eigenvalue weighted by Gasteiger charge is -2.15. The van der Waals surface area contributed by atoms with Gasteiger partial charge in [-0.25, -0.2) is 0 Å². The van der Waals surface area contributed by atoms with Gasteiger partial charge in [-0.15, -0.1) is 11.3 Å². The number of benzene rings is 2. The molecule has 0 fully saturated rings. The molecule has 3 heteroatoms. The van der Waals surface area contributed by atoms with Crippen molar-refractivity contribution in [2.45, 2.75) is 19.9 Å². The number of nitrogens with one attached hydrogen (secondary N) is 1. The minimum atomic E-state index is 0.286. The maximum Gasteiger partial charge on any atom is 0.0581 e. The molecule has 0 saturated carbocycles. The molecule has 1 heterocycles. The molecule has 2 aromatic carbocycles. The minimum Gasteiger partial charge on any atom is -0.378 e. The van der Waals surface area contributed by atoms with E-state index in [0.29, 0.717) is 0 Å². The summed E-state index contributed by atoms with van der Waals surface area (Å²) in [6.07, 6.45) is 0. The lowest BCUT2D eigenvalue weighted by molar-refractivity contribution is 0.900. The fourth-order valence-corrected chi connectivity index (χ4v) is 3.81. The van der Waals surface area contributed by atoms with Gasteiger partial charge >= 0.3 is 0 Å². The average molecular weight is 302 g/mol. The molecule has 3 rings (SSSR count). The second-order valence-electron chi connectivity index (χ2n) is 4.96. The number of aryl methyl sites for hydroxylation is 1. The van der Waals surface area contributed by atoms with Crippen LogP contribution in [-0.4, -0.2) is 0 Å². The van der Waals surface area contributed by atoms with E-state index in [1.54, 1.807) is 0 Å². The van der Waals surface area contributed by atoms with Crippen LogP contribution >= 0.6 is 22.9 Å². The molecule has 20 heavy (non-hydrogen) atoms. The van der Waals surface area contributed by atoms with E-state index in [0.717, 1.165) is 10.7 Å². The summed E-state index contributed by atoms with van der Waals surface area (Å²) in [5.41, 5.74) is 2.47. The summed E-state index contributed by atoms with van der Waals surface area (Å²) < 4.78 is 1.35. The quantitative estimate of drug-likeness (QED) is 0.622. The predicted molar refractivity (Wildman–Crippen MR) is 90.1 cm³/mol. The van der Waals surface area contributed by atoms with E-state index < -0.39 is 0 Å². The summed E-state index contributed by atoms with van der Waals surface area (Å²) in [6, 6.07) is 16.7. The van der Waals surface area contributed by atoms with Crippen molar-refractivity contribution in [2.24, 2.45) is 0 Å². The van der Waals surface area contributed by atoms with Gasteiger partial charge in [0.2, 0.25) is 0 Å². The molecule has 102 valence electrons. The summed E-state index contributed by atoms with van der Waals surface area (Å²) >= 11 is 7.78. The van der Waals surface area contributed by atoms with E-state index in [9.17, 15) is 0 Å². The van der Waals surface area contributed by atoms with Crippen LogP contribution < -0.4 is 5.32 Å². The second-order valence-corrected chi connectivity index (χ2v) is 6.48. The Bertz CT molecular complexity index is 730. The van der Waals surface area contributed by atoms with E-state index in [4.69, 9.17) is 11.6 Å². The first-order chi connectivity index (χ1) is 9.65. The van der Waals surface area contributed by atoms with Gasteiger partial charge in [0.15, 0.2) is 0 Å². The maximum absolute atomic E-state index is 5.92. The monoisotopic (exact) mass is 301 g/mol. The maximum atomic E-state index is 5.92. The molecule has 3 aromatic rings. The highest BCUT2D eigenvalue weighted by molar-refractivity contribution is 7.19. The van der Waals surface area contributed by atoms with Crippen molar-refractivity contribution >= 4 is 38.7 Å². The van der Waals surface area contributed by atoms with Gasteiger partial charge in [0, 0.05) is 20.3 Å². The standard InChI is InChI=1S/C17H16ClNS/c1-11-15-5-3-4-6-16(15)20-17(11)12(2)19-14-9-7-13(18)8-10-14/h3-10,12,19H,1-2H3. The highest BCUT2D eigenvalue weighted by atomic mass is 35.5. The molecule has 0 aliphatic heterocycles. The molecule has 1 atom stereocenters. The zero-order valence-electron chi connectivity index (χ0n) is 11.5. The number of fused-ring (bicyclic) bond motifs is 1. The van der Waals surface area contributed by atoms with Gasteiger partial charge in [-0.2, -0.15) is 0 Å². The fraction of sp³-hybridized carbons (Fsp3) is 0.176. The van der Waals surface area contributed by atoms with Gasteiger partial charge in [-0.1, -0.05) is 29.8 Å². The molecule has 0 bridgehead atoms. The Labute approximate surface area is 128 Å². The largest absolute Gasteiger partial charge is 0.378 e. The third-order valence-electron chi connectivity index (χ3n) is 3.50. The molecule has 0 saturated heterocycles. The van der Waals surface area contributed by atoms with Crippen LogP contribution in [-0.2, 0) is 0 Å². The first-order valence-electron chi connectivity index (χ1n) is 6.65. The van der Waals surface area contributed by atoms with Gasteiger partial charge < -0.3 is 5.32 Å². The van der Waals surface area contributed by atoms with Crippen LogP contribution in [0.1, 0.15) is 23.4 Å². The Hall–Kier alpha value is -1.51. The molecule has 0 spiro atoms. The number of thiophene rings is 1. The van der Waals surface area contributed by atoms with Crippen molar-refractivity contribution in [1.82, 2.24) is 0 Å². The van der Waals surface area contributed by atoms with Crippen LogP contribution in [0.25, 0.3) is 10.1 Å². The first kappa shape index (κ1) is 13.5. The van der Waals surface area contributed by atoms with E-state index >= 15 is 0 Å². The topological polar surface area (TPSA) is 12.0 Å². The van der Waals surface area contributed by atoms with Crippen LogP contribution in [0.15, 0.2) is 48.5 Å². The van der Waals surface area contributed by atoms with Crippen molar-refractivity contribution in [3.63, 3.8) is 0 Å². The Morgan fingerprint density at radius 2 is 1.75 bits per heavy atom. The van der Waals surface area contributed by atoms with Crippen molar-refractivity contribution in [1.29, 1.82) is 0 Å². The van der Waals surface area contributed by atoms with E-state index in [2.05, 4.69) is 43.4 Å². The van der Waals surface area contributed by atoms with Gasteiger partial charge in [-0.3, -0.25) is 0 Å². The van der Waals surface area contributed by atoms with Crippen LogP contribution in [0, 0.1) is 6.92 Å². The summed E-state index contributed by atoms with van der Waals surface area (Å²) in [7, 11) is 0. The Morgan fingerprint density at radius 1 is 1.05 bits per heavy atom. The van der Waals surface area contributed by atoms with Gasteiger partial charge in [0.25, 0.3) is 0 Å². The zero-order chi connectivity index (χ0) is 14.1. The molecule has 0 aliphatic rings. The SMILES string of the molecule is Cc1c(C(C)Nc2ccc(Cl)cc2)sc2ccccc12. The number of halogens is 1. The highest BCUT2D eigenvalue weighted by Gasteiger charge is 2.14. The first-order valence-corrected chi connectivity index (χ1v) is 7.85. The van der Waals surface area contributed by atoms with Crippen LogP contribution in [0.5, 0.6) is 0 Å². The molecule has 1 N–H and O–H groups in total. The van der Waals surface area contributed by atoms with Crippen LogP contribution in [0.2, 0.25) is 5.02 Å². The molecule has 0 radical (unpaired) electrons. The molecule has 1 unspecified atom stereocenters. The van der Waals surface area contributed by atoms with Gasteiger partial charge in [0.05, 0.1) is 6.04 Å². The summed E-state index contributed by atoms with van der Waals surface area (Å²) in [5.74, 6) is 0. The van der Waals surface area contributed by atoms with Crippen LogP contribution in [0.3, 0.4) is 0 Å². The van der Waals surface area contributed by atoms with Crippen molar-refractivity contribution < 1.29 is 0 Å². The molecule has 0 aliphatic carbocycles. The van der Waals surface area contributed by atoms with Crippen molar-refractivity contribution in [3.05, 3.63) is 64.0 Å². The van der Waals surface area contributed by atoms with Crippen molar-refractivity contribution in [3.8, 4) is 0 Å². The smallest absolute Gasteiger partial charge is 0.0581 e. The zero-order valence-corrected chi connectivity index (χ0v) is 13.1. The van der Waals surface area contributed by atoms with Crippen LogP contribution in [0.4, 0.5) is 5.69 Å². The van der Waals surface area contributed by atoms with Gasteiger partial charge in [0.1, 0.15) is 0 Å². The van der Waals surface area contributed by atoms with E-state index in [1.165, 1.54) is 20.5 Å². The number of rotatable bonds is 3. The fourth-order valence-electron chi connectivity index (χ4n) is 2.47. The third kappa shape index (κ3) is 2.54. The van der Waals surface area contributed by atoms with Gasteiger partial charge in [-0.05, 0) is 55.1 Å². The Kier molecular flexibility index (Phi) is 3.68. The average Bonchev–Trinajstić information content (AvgIpc) is 2.79. The summed E-state index contributed by atoms with van der Waals surface area (Å²) in [5, 5.41) is 5.66. The number of hydrogen-bond acceptors (Lipinski definition) is 2. The van der Waals surface area contributed by atoms with E-state index in [1.807, 2.05) is 35.6 Å². The second kappa shape index (κ2) is 5.47. The third-order valence-corrected chi connectivity index (χ3v) is 5.21. The lowest BCUT2D eigenvalue weighted by atomic mass is 10.1. The normalized spacial score (nSPS) is 12.6. The minimum absolute atomic E-state index is 0.286. The number of hydrogen-bond donors (Lipinski definition) is 1. The Balaban J connectivity index is 1.90. The summed E-state index contributed by atoms with van der Waals surface area (Å²) in [4.78, 5) is 1.39. The molecular weight excluding hydrogens is 286 g/mol. The van der Waals surface area contributed by atoms with E-state index in [-0.39, 0.29) is 6.04 Å². The van der Waals surface area contributed by atoms with Crippen molar-refractivity contribution in [2.75, 3.05) is 5.32 Å². The molecule has 1 nitrogen and oxygen atoms in total. The molecule has 0 amide bonds. The molecule has 1 aromatic heterocycles. The molecular formula is C17H16ClNS. The lowest BCUT2D eigenvalue weighted by Crippen LogP contribution is -2.05. The Morgan fingerprint density at radius 3 is 2.45 bits per heavy atom. The predicted octanol–water partition coefficient (Wildman–Crippen LogP) is 6.04. The highest BCUT2D eigenvalue weighted by Crippen LogP contribution is 2.35. The summed E-state index contributed by atoms with van der Waals surface area (Å²) in [6.45, 7) is 4.40. The number of anilines is 1.